The minimum absolute atomic E-state index is 0.0177. The third-order valence-corrected chi connectivity index (χ3v) is 8.79. The second-order valence-electron chi connectivity index (χ2n) is 7.28. The van der Waals surface area contributed by atoms with Crippen LogP contribution in [-0.2, 0) is 9.22 Å². The summed E-state index contributed by atoms with van der Waals surface area (Å²) in [5.74, 6) is 0.105. The van der Waals surface area contributed by atoms with Crippen LogP contribution in [0, 0.1) is 5.41 Å². The van der Waals surface area contributed by atoms with Gasteiger partial charge in [0, 0.05) is 0 Å². The van der Waals surface area contributed by atoms with Gasteiger partial charge in [-0.05, 0) is 38.9 Å². The van der Waals surface area contributed by atoms with Gasteiger partial charge < -0.3 is 9.74 Å². The average molecular weight is 257 g/mol. The third-order valence-electron chi connectivity index (χ3n) is 4.34. The molecule has 0 spiro atoms. The van der Waals surface area contributed by atoms with Crippen LogP contribution in [0.2, 0.25) is 18.1 Å². The van der Waals surface area contributed by atoms with Crippen LogP contribution < -0.4 is 5.32 Å². The van der Waals surface area contributed by atoms with Gasteiger partial charge in [-0.3, -0.25) is 4.79 Å². The topological polar surface area (TPSA) is 38.3 Å². The lowest BCUT2D eigenvalue weighted by molar-refractivity contribution is -0.128. The Hall–Kier alpha value is -0.353. The maximum atomic E-state index is 11.9. The van der Waals surface area contributed by atoms with Crippen LogP contribution in [0.5, 0.6) is 0 Å². The second-order valence-corrected chi connectivity index (χ2v) is 12.0. The van der Waals surface area contributed by atoms with E-state index in [4.69, 9.17) is 4.43 Å². The molecule has 1 rings (SSSR count). The first kappa shape index (κ1) is 14.7. The van der Waals surface area contributed by atoms with E-state index in [0.717, 1.165) is 0 Å². The Kier molecular flexibility index (Phi) is 3.54. The summed E-state index contributed by atoms with van der Waals surface area (Å²) < 4.78 is 6.42. The van der Waals surface area contributed by atoms with Crippen LogP contribution >= 0.6 is 0 Å². The van der Waals surface area contributed by atoms with E-state index in [1.807, 2.05) is 20.8 Å². The summed E-state index contributed by atoms with van der Waals surface area (Å²) >= 11 is 0. The van der Waals surface area contributed by atoms with Crippen molar-refractivity contribution in [1.82, 2.24) is 5.32 Å². The summed E-state index contributed by atoms with van der Waals surface area (Å²) in [5.41, 5.74) is -0.422. The molecule has 1 aliphatic heterocycles. The number of carbonyl (C=O) groups is 1. The van der Waals surface area contributed by atoms with E-state index < -0.39 is 13.7 Å². The molecule has 1 fully saturated rings. The molecule has 1 amide bonds. The van der Waals surface area contributed by atoms with Crippen molar-refractivity contribution in [2.75, 3.05) is 0 Å². The first-order valence-electron chi connectivity index (χ1n) is 6.38. The lowest BCUT2D eigenvalue weighted by Gasteiger charge is -2.41. The molecule has 3 nitrogen and oxygen atoms in total. The number of carbonyl (C=O) groups excluding carboxylic acids is 1. The Balaban J connectivity index is 2.92. The van der Waals surface area contributed by atoms with Gasteiger partial charge in [-0.25, -0.2) is 0 Å². The Morgan fingerprint density at radius 2 is 1.76 bits per heavy atom. The molecule has 0 bridgehead atoms. The fraction of sp³-hybridized carbons (Fsp3) is 0.923. The van der Waals surface area contributed by atoms with Gasteiger partial charge in [0.2, 0.25) is 5.91 Å². The fourth-order valence-corrected chi connectivity index (χ4v) is 3.45. The maximum Gasteiger partial charge on any atom is 0.228 e. The molecule has 0 aromatic carbocycles. The molecule has 1 N–H and O–H groups in total. The lowest BCUT2D eigenvalue weighted by atomic mass is 9.87. The number of nitrogens with one attached hydrogen (secondary N) is 1. The predicted molar refractivity (Wildman–Crippen MR) is 73.5 cm³/mol. The summed E-state index contributed by atoms with van der Waals surface area (Å²) in [6.07, 6.45) is -0.0177. The van der Waals surface area contributed by atoms with Gasteiger partial charge in [-0.2, -0.15) is 0 Å². The quantitative estimate of drug-likeness (QED) is 0.773. The Bertz CT molecular complexity index is 318. The van der Waals surface area contributed by atoms with Crippen molar-refractivity contribution in [3.05, 3.63) is 0 Å². The Labute approximate surface area is 106 Å². The molecular formula is C13H27NO2Si. The SMILES string of the molecule is C[C@@H]1NC(=O)C(C)(C)C1O[Si](C)(C)C(C)(C)C. The highest BCUT2D eigenvalue weighted by Gasteiger charge is 2.51. The molecular weight excluding hydrogens is 230 g/mol. The van der Waals surface area contributed by atoms with Gasteiger partial charge in [0.05, 0.1) is 17.6 Å². The number of amides is 1. The zero-order valence-electron chi connectivity index (χ0n) is 12.5. The van der Waals surface area contributed by atoms with Gasteiger partial charge in [0.1, 0.15) is 0 Å². The van der Waals surface area contributed by atoms with E-state index in [1.54, 1.807) is 0 Å². The molecule has 4 heteroatoms. The summed E-state index contributed by atoms with van der Waals surface area (Å²) in [6.45, 7) is 17.1. The van der Waals surface area contributed by atoms with Gasteiger partial charge in [-0.1, -0.05) is 20.8 Å². The molecule has 1 aliphatic rings. The largest absolute Gasteiger partial charge is 0.411 e. The Morgan fingerprint density at radius 1 is 1.29 bits per heavy atom. The minimum atomic E-state index is -1.82. The van der Waals surface area contributed by atoms with E-state index in [-0.39, 0.29) is 23.1 Å². The van der Waals surface area contributed by atoms with Gasteiger partial charge in [-0.15, -0.1) is 0 Å². The molecule has 1 heterocycles. The first-order chi connectivity index (χ1) is 7.39. The molecule has 0 aromatic heterocycles. The molecule has 0 aromatic rings. The molecule has 0 radical (unpaired) electrons. The van der Waals surface area contributed by atoms with Crippen molar-refractivity contribution in [1.29, 1.82) is 0 Å². The van der Waals surface area contributed by atoms with Crippen molar-refractivity contribution in [2.24, 2.45) is 5.41 Å². The number of hydrogen-bond donors (Lipinski definition) is 1. The molecule has 17 heavy (non-hydrogen) atoms. The molecule has 0 saturated carbocycles. The monoisotopic (exact) mass is 257 g/mol. The minimum Gasteiger partial charge on any atom is -0.411 e. The van der Waals surface area contributed by atoms with E-state index in [9.17, 15) is 4.79 Å². The van der Waals surface area contributed by atoms with Crippen LogP contribution in [0.15, 0.2) is 0 Å². The Morgan fingerprint density at radius 3 is 2.06 bits per heavy atom. The highest BCUT2D eigenvalue weighted by molar-refractivity contribution is 6.74. The van der Waals surface area contributed by atoms with Crippen molar-refractivity contribution >= 4 is 14.2 Å². The van der Waals surface area contributed by atoms with E-state index in [2.05, 4.69) is 39.2 Å². The van der Waals surface area contributed by atoms with Crippen LogP contribution in [0.3, 0.4) is 0 Å². The first-order valence-corrected chi connectivity index (χ1v) is 9.29. The molecule has 0 aliphatic carbocycles. The van der Waals surface area contributed by atoms with Crippen LogP contribution in [0.25, 0.3) is 0 Å². The van der Waals surface area contributed by atoms with Crippen molar-refractivity contribution in [3.8, 4) is 0 Å². The molecule has 1 saturated heterocycles. The van der Waals surface area contributed by atoms with Crippen LogP contribution in [-0.4, -0.2) is 26.4 Å². The van der Waals surface area contributed by atoms with Gasteiger partial charge in [0.25, 0.3) is 0 Å². The van der Waals surface area contributed by atoms with E-state index in [1.165, 1.54) is 0 Å². The third kappa shape index (κ3) is 2.57. The average Bonchev–Trinajstić information content (AvgIpc) is 2.27. The predicted octanol–water partition coefficient (Wildman–Crippen LogP) is 2.92. The van der Waals surface area contributed by atoms with Crippen molar-refractivity contribution < 1.29 is 9.22 Å². The standard InChI is InChI=1S/C13H27NO2Si/c1-9-10(13(5,6)11(15)14-9)16-17(7,8)12(2,3)4/h9-10H,1-8H3,(H,14,15)/t9-,10?/m0/s1. The van der Waals surface area contributed by atoms with E-state index in [0.29, 0.717) is 0 Å². The number of hydrogen-bond acceptors (Lipinski definition) is 2. The zero-order chi connectivity index (χ0) is 13.6. The maximum absolute atomic E-state index is 11.9. The lowest BCUT2D eigenvalue weighted by Crippen LogP contribution is -2.49. The molecule has 2 atom stereocenters. The normalized spacial score (nSPS) is 29.3. The zero-order valence-corrected chi connectivity index (χ0v) is 13.5. The summed E-state index contributed by atoms with van der Waals surface area (Å²) in [4.78, 5) is 11.9. The van der Waals surface area contributed by atoms with E-state index >= 15 is 0 Å². The fourth-order valence-electron chi connectivity index (χ4n) is 1.97. The highest BCUT2D eigenvalue weighted by Crippen LogP contribution is 2.41. The molecule has 1 unspecified atom stereocenters. The van der Waals surface area contributed by atoms with Crippen LogP contribution in [0.4, 0.5) is 0 Å². The summed E-state index contributed by atoms with van der Waals surface area (Å²) in [5, 5.41) is 3.16. The smallest absolute Gasteiger partial charge is 0.228 e. The summed E-state index contributed by atoms with van der Waals surface area (Å²) in [7, 11) is -1.82. The van der Waals surface area contributed by atoms with Crippen molar-refractivity contribution in [3.63, 3.8) is 0 Å². The highest BCUT2D eigenvalue weighted by atomic mass is 28.4. The summed E-state index contributed by atoms with van der Waals surface area (Å²) in [6, 6.07) is 0.103. The van der Waals surface area contributed by atoms with Gasteiger partial charge >= 0.3 is 0 Å². The number of rotatable bonds is 2. The van der Waals surface area contributed by atoms with Crippen LogP contribution in [0.1, 0.15) is 41.5 Å². The second kappa shape index (κ2) is 4.09. The van der Waals surface area contributed by atoms with Crippen molar-refractivity contribution in [2.45, 2.75) is 71.8 Å². The van der Waals surface area contributed by atoms with Gasteiger partial charge in [0.15, 0.2) is 8.32 Å². The molecule has 100 valence electrons.